The number of amides is 4. The van der Waals surface area contributed by atoms with E-state index in [1.807, 2.05) is 49.2 Å². The second-order valence-corrected chi connectivity index (χ2v) is 13.7. The fraction of sp³-hybridized carbons (Fsp3) is 0.553. The Bertz CT molecular complexity index is 1420. The first kappa shape index (κ1) is 40.8. The van der Waals surface area contributed by atoms with Gasteiger partial charge < -0.3 is 24.8 Å². The summed E-state index contributed by atoms with van der Waals surface area (Å²) < 4.78 is 15.5. The van der Waals surface area contributed by atoms with Crippen molar-refractivity contribution in [2.45, 2.75) is 90.4 Å². The molecule has 0 heterocycles. The van der Waals surface area contributed by atoms with Crippen molar-refractivity contribution >= 4 is 30.0 Å². The minimum Gasteiger partial charge on any atom is -0.453 e. The Kier molecular flexibility index (Phi) is 16.2. The molecule has 0 aromatic heterocycles. The molecule has 1 aliphatic rings. The number of esters is 1. The predicted octanol–water partition coefficient (Wildman–Crippen LogP) is 4.96. The lowest BCUT2D eigenvalue weighted by molar-refractivity contribution is -0.150. The summed E-state index contributed by atoms with van der Waals surface area (Å²) in [5.74, 6) is -2.64. The number of alkyl carbamates (subject to hydrolysis) is 2. The van der Waals surface area contributed by atoms with Gasteiger partial charge in [0.25, 0.3) is 17.5 Å². The number of hydrazine groups is 1. The molecule has 3 atom stereocenters. The van der Waals surface area contributed by atoms with Crippen LogP contribution in [-0.4, -0.2) is 80.1 Å². The maximum absolute atomic E-state index is 14.5. The normalized spacial score (nSPS) is 15.6. The van der Waals surface area contributed by atoms with Crippen molar-refractivity contribution in [2.75, 3.05) is 27.3 Å². The van der Waals surface area contributed by atoms with Crippen molar-refractivity contribution < 1.29 is 38.2 Å². The molecule has 0 spiro atoms. The Balaban J connectivity index is 1.98. The van der Waals surface area contributed by atoms with Crippen LogP contribution < -0.4 is 21.4 Å². The maximum atomic E-state index is 14.5. The van der Waals surface area contributed by atoms with Crippen LogP contribution in [0.1, 0.15) is 82.1 Å². The highest BCUT2D eigenvalue weighted by Crippen LogP contribution is 2.26. The van der Waals surface area contributed by atoms with Gasteiger partial charge in [-0.1, -0.05) is 95.5 Å². The molecule has 4 N–H and O–H groups in total. The number of carbonyl (C=O) groups is 5. The van der Waals surface area contributed by atoms with E-state index >= 15 is 0 Å². The summed E-state index contributed by atoms with van der Waals surface area (Å²) in [6.45, 7) is 7.66. The van der Waals surface area contributed by atoms with Crippen molar-refractivity contribution in [2.24, 2.45) is 17.8 Å². The van der Waals surface area contributed by atoms with Crippen LogP contribution in [0.4, 0.5) is 9.59 Å². The van der Waals surface area contributed by atoms with Crippen LogP contribution in [0.15, 0.2) is 60.7 Å². The number of hydrogen-bond donors (Lipinski definition) is 4. The lowest BCUT2D eigenvalue weighted by Crippen LogP contribution is -2.66. The third-order valence-corrected chi connectivity index (χ3v) is 9.17. The number of benzene rings is 2. The van der Waals surface area contributed by atoms with E-state index in [1.54, 1.807) is 44.2 Å². The lowest BCUT2D eigenvalue weighted by atomic mass is 9.89. The van der Waals surface area contributed by atoms with Gasteiger partial charge in [-0.15, -0.1) is 0 Å². The Morgan fingerprint density at radius 2 is 1.43 bits per heavy atom. The Labute approximate surface area is 301 Å². The predicted molar refractivity (Wildman–Crippen MR) is 192 cm³/mol. The van der Waals surface area contributed by atoms with E-state index in [2.05, 4.69) is 21.4 Å². The Morgan fingerprint density at radius 3 is 2.00 bits per heavy atom. The second-order valence-electron chi connectivity index (χ2n) is 13.7. The number of aryl methyl sites for hydroxylation is 1. The molecule has 1 fully saturated rings. The number of rotatable bonds is 17. The van der Waals surface area contributed by atoms with E-state index in [0.717, 1.165) is 44.8 Å². The van der Waals surface area contributed by atoms with Crippen LogP contribution in [-0.2, 0) is 30.2 Å². The summed E-state index contributed by atoms with van der Waals surface area (Å²) in [4.78, 5) is 66.4. The first-order valence-electron chi connectivity index (χ1n) is 17.8. The summed E-state index contributed by atoms with van der Waals surface area (Å²) in [5.41, 5.74) is 2.13. The van der Waals surface area contributed by atoms with Gasteiger partial charge in [-0.3, -0.25) is 20.3 Å². The number of nitrogens with zero attached hydrogens (tertiary/aromatic N) is 1. The van der Waals surface area contributed by atoms with Gasteiger partial charge in [-0.2, -0.15) is 0 Å². The van der Waals surface area contributed by atoms with Gasteiger partial charge in [0.1, 0.15) is 6.04 Å². The van der Waals surface area contributed by atoms with Gasteiger partial charge in [0.05, 0.1) is 19.8 Å². The highest BCUT2D eigenvalue weighted by molar-refractivity contribution is 5.95. The quantitative estimate of drug-likeness (QED) is 0.0769. The van der Waals surface area contributed by atoms with E-state index in [4.69, 9.17) is 14.2 Å². The zero-order chi connectivity index (χ0) is 37.4. The smallest absolute Gasteiger partial charge is 0.410 e. The van der Waals surface area contributed by atoms with Crippen LogP contribution in [0.2, 0.25) is 0 Å². The molecule has 2 aromatic carbocycles. The summed E-state index contributed by atoms with van der Waals surface area (Å²) in [5, 5.41) is 10.0. The van der Waals surface area contributed by atoms with Gasteiger partial charge in [0.15, 0.2) is 0 Å². The molecule has 3 rings (SSSR count). The third-order valence-electron chi connectivity index (χ3n) is 9.17. The van der Waals surface area contributed by atoms with Gasteiger partial charge in [0.2, 0.25) is 0 Å². The lowest BCUT2D eigenvalue weighted by Gasteiger charge is -2.38. The Morgan fingerprint density at radius 1 is 0.824 bits per heavy atom. The van der Waals surface area contributed by atoms with Crippen LogP contribution in [0.25, 0.3) is 0 Å². The third kappa shape index (κ3) is 12.6. The molecule has 280 valence electrons. The fourth-order valence-electron chi connectivity index (χ4n) is 6.18. The molecule has 13 heteroatoms. The van der Waals surface area contributed by atoms with Crippen LogP contribution in [0.3, 0.4) is 0 Å². The van der Waals surface area contributed by atoms with Gasteiger partial charge in [-0.25, -0.2) is 19.4 Å². The van der Waals surface area contributed by atoms with Gasteiger partial charge in [-0.05, 0) is 55.2 Å². The highest BCUT2D eigenvalue weighted by Gasteiger charge is 2.48. The molecule has 2 aromatic rings. The van der Waals surface area contributed by atoms with E-state index in [0.29, 0.717) is 25.3 Å². The molecule has 1 aliphatic carbocycles. The van der Waals surface area contributed by atoms with Crippen LogP contribution in [0.5, 0.6) is 0 Å². The molecule has 0 bridgehead atoms. The van der Waals surface area contributed by atoms with Crippen molar-refractivity contribution in [3.8, 4) is 0 Å². The first-order chi connectivity index (χ1) is 24.4. The number of nitrogens with one attached hydrogen (secondary N) is 4. The maximum Gasteiger partial charge on any atom is 0.410 e. The summed E-state index contributed by atoms with van der Waals surface area (Å²) in [6.07, 6.45) is 4.67. The molecule has 0 saturated heterocycles. The van der Waals surface area contributed by atoms with Crippen molar-refractivity contribution in [3.05, 3.63) is 71.8 Å². The number of ether oxygens (including phenoxy) is 3. The minimum absolute atomic E-state index is 0.183. The Hall–Kier alpha value is -4.65. The van der Waals surface area contributed by atoms with Crippen molar-refractivity contribution in [3.63, 3.8) is 0 Å². The minimum atomic E-state index is -2.14. The van der Waals surface area contributed by atoms with E-state index in [9.17, 15) is 24.0 Å². The summed E-state index contributed by atoms with van der Waals surface area (Å²) >= 11 is 0. The number of hydrogen-bond acceptors (Lipinski definition) is 9. The average molecular weight is 710 g/mol. The topological polar surface area (TPSA) is 164 Å². The van der Waals surface area contributed by atoms with E-state index < -0.39 is 53.7 Å². The number of carbonyl (C=O) groups excluding carboxylic acids is 5. The van der Waals surface area contributed by atoms with E-state index in [1.165, 1.54) is 7.11 Å². The average Bonchev–Trinajstić information content (AvgIpc) is 3.13. The monoisotopic (exact) mass is 709 g/mol. The van der Waals surface area contributed by atoms with E-state index in [-0.39, 0.29) is 18.0 Å². The number of methoxy groups -OCH3 is 2. The summed E-state index contributed by atoms with van der Waals surface area (Å²) in [6, 6.07) is 16.5. The van der Waals surface area contributed by atoms with Crippen LogP contribution >= 0.6 is 0 Å². The largest absolute Gasteiger partial charge is 0.453 e. The highest BCUT2D eigenvalue weighted by atomic mass is 16.6. The second kappa shape index (κ2) is 20.3. The van der Waals surface area contributed by atoms with Crippen LogP contribution in [0, 0.1) is 17.8 Å². The fourth-order valence-corrected chi connectivity index (χ4v) is 6.18. The molecule has 51 heavy (non-hydrogen) atoms. The van der Waals surface area contributed by atoms with Gasteiger partial charge in [0, 0.05) is 25.0 Å². The molecule has 13 nitrogen and oxygen atoms in total. The SMILES string of the molecule is COC(=O)N[C@H](C(=O)NN(CC1CCCCC1)C[C@H](CCc1ccccc1)NC(=O)[C@](NC(=O)OC)(OC(=O)c1ccccc1)C(C)C)C(C)C. The first-order valence-corrected chi connectivity index (χ1v) is 17.8. The molecule has 0 unspecified atom stereocenters. The van der Waals surface area contributed by atoms with Gasteiger partial charge >= 0.3 is 18.2 Å². The summed E-state index contributed by atoms with van der Waals surface area (Å²) in [7, 11) is 2.40. The molecular weight excluding hydrogens is 654 g/mol. The molecule has 0 radical (unpaired) electrons. The molecule has 4 amide bonds. The van der Waals surface area contributed by atoms with Crippen molar-refractivity contribution in [1.82, 2.24) is 26.4 Å². The molecular formula is C38H55N5O8. The zero-order valence-electron chi connectivity index (χ0n) is 30.7. The molecule has 1 saturated carbocycles. The standard InChI is InChI=1S/C38H55N5O8/c1-26(2)32(40-36(47)49-5)33(44)42-43(24-29-18-12-8-13-19-29)25-31(23-22-28-16-10-7-11-17-28)39-35(46)38(27(3)4,41-37(48)50-6)51-34(45)30-20-14-9-15-21-30/h7,9-11,14-17,20-21,26-27,29,31-32H,8,12-13,18-19,22-25H2,1-6H3,(H,39,46)(H,40,47)(H,41,48)(H,42,44)/t31-,32-,38+/m0/s1. The zero-order valence-corrected chi connectivity index (χ0v) is 30.7. The molecule has 0 aliphatic heterocycles. The van der Waals surface area contributed by atoms with Crippen molar-refractivity contribution in [1.29, 1.82) is 0 Å².